The van der Waals surface area contributed by atoms with Gasteiger partial charge in [0.1, 0.15) is 17.2 Å². The van der Waals surface area contributed by atoms with E-state index in [1.54, 1.807) is 12.1 Å². The molecule has 3 aromatic carbocycles. The van der Waals surface area contributed by atoms with Gasteiger partial charge in [0.15, 0.2) is 24.1 Å². The van der Waals surface area contributed by atoms with Gasteiger partial charge in [-0.3, -0.25) is 14.6 Å². The van der Waals surface area contributed by atoms with Crippen molar-refractivity contribution < 1.29 is 33.6 Å². The number of benzene rings is 3. The highest BCUT2D eigenvalue weighted by Crippen LogP contribution is 2.43. The van der Waals surface area contributed by atoms with Crippen molar-refractivity contribution in [3.05, 3.63) is 80.0 Å². The fourth-order valence-electron chi connectivity index (χ4n) is 5.82. The number of aryl methyl sites for hydroxylation is 1. The Balaban J connectivity index is 1.08. The Bertz CT molecular complexity index is 1580. The van der Waals surface area contributed by atoms with Gasteiger partial charge in [-0.25, -0.2) is 0 Å². The number of nitrogens with zero attached hydrogens (tertiary/aromatic N) is 2. The van der Waals surface area contributed by atoms with Crippen molar-refractivity contribution >= 4 is 27.8 Å². The molecule has 1 saturated heterocycles. The molecule has 4 heterocycles. The first-order chi connectivity index (χ1) is 19.9. The second-order valence-electron chi connectivity index (χ2n) is 10.7. The first-order valence-corrected chi connectivity index (χ1v) is 14.4. The van der Waals surface area contributed by atoms with Gasteiger partial charge in [0.05, 0.1) is 17.7 Å². The molecule has 0 radical (unpaired) electrons. The lowest BCUT2D eigenvalue weighted by Gasteiger charge is -2.35. The summed E-state index contributed by atoms with van der Waals surface area (Å²) in [4.78, 5) is 18.2. The molecule has 1 N–H and O–H groups in total. The Labute approximate surface area is 245 Å². The highest BCUT2D eigenvalue weighted by molar-refractivity contribution is 9.10. The molecule has 3 aromatic rings. The molecular weight excluding hydrogens is 592 g/mol. The number of rotatable bonds is 5. The van der Waals surface area contributed by atoms with Crippen molar-refractivity contribution in [2.45, 2.75) is 26.6 Å². The molecule has 4 aliphatic heterocycles. The number of ether oxygens (including phenoxy) is 5. The van der Waals surface area contributed by atoms with E-state index in [0.717, 1.165) is 59.8 Å². The summed E-state index contributed by atoms with van der Waals surface area (Å²) in [5.41, 5.74) is 4.63. The lowest BCUT2D eigenvalue weighted by atomic mass is 9.98. The Morgan fingerprint density at radius 2 is 1.71 bits per heavy atom. The third kappa shape index (κ3) is 5.05. The maximum absolute atomic E-state index is 13.5. The van der Waals surface area contributed by atoms with Crippen LogP contribution in [0.1, 0.15) is 38.2 Å². The molecule has 0 saturated carbocycles. The highest BCUT2D eigenvalue weighted by Gasteiger charge is 2.34. The number of hydrogen-bond acceptors (Lipinski definition) is 9. The number of hydrogen-bond donors (Lipinski definition) is 1. The van der Waals surface area contributed by atoms with E-state index < -0.39 is 0 Å². The summed E-state index contributed by atoms with van der Waals surface area (Å²) in [6.45, 7) is 7.41. The summed E-state index contributed by atoms with van der Waals surface area (Å²) < 4.78 is 29.2. The van der Waals surface area contributed by atoms with Crippen molar-refractivity contribution in [2.75, 3.05) is 39.8 Å². The van der Waals surface area contributed by atoms with Crippen LogP contribution < -0.4 is 18.9 Å². The predicted octanol–water partition coefficient (Wildman–Crippen LogP) is 4.99. The molecule has 0 unspecified atom stereocenters. The lowest BCUT2D eigenvalue weighted by Crippen LogP contribution is -2.45. The van der Waals surface area contributed by atoms with Crippen LogP contribution in [0.4, 0.5) is 0 Å². The van der Waals surface area contributed by atoms with Gasteiger partial charge >= 0.3 is 0 Å². The van der Waals surface area contributed by atoms with Gasteiger partial charge in [0, 0.05) is 54.9 Å². The molecule has 41 heavy (non-hydrogen) atoms. The van der Waals surface area contributed by atoms with Crippen molar-refractivity contribution in [3.8, 4) is 28.7 Å². The molecule has 0 bridgehead atoms. The van der Waals surface area contributed by atoms with Gasteiger partial charge in [0.25, 0.3) is 0 Å². The van der Waals surface area contributed by atoms with Crippen molar-refractivity contribution in [1.82, 2.24) is 9.80 Å². The van der Waals surface area contributed by atoms with Crippen LogP contribution in [0.15, 0.2) is 46.6 Å². The van der Waals surface area contributed by atoms with Gasteiger partial charge in [-0.1, -0.05) is 22.0 Å². The largest absolute Gasteiger partial charge is 0.507 e. The van der Waals surface area contributed by atoms with E-state index in [1.807, 2.05) is 31.2 Å². The van der Waals surface area contributed by atoms with E-state index in [4.69, 9.17) is 23.7 Å². The molecule has 0 aromatic heterocycles. The minimum Gasteiger partial charge on any atom is -0.507 e. The van der Waals surface area contributed by atoms with Crippen LogP contribution in [0.2, 0.25) is 0 Å². The van der Waals surface area contributed by atoms with Gasteiger partial charge in [-0.15, -0.1) is 0 Å². The molecule has 212 valence electrons. The molecular formula is C31H29BrN2O7. The van der Waals surface area contributed by atoms with Gasteiger partial charge in [-0.05, 0) is 54.5 Å². The summed E-state index contributed by atoms with van der Waals surface area (Å²) >= 11 is 3.54. The molecule has 10 heteroatoms. The van der Waals surface area contributed by atoms with Gasteiger partial charge in [0.2, 0.25) is 12.6 Å². The Kier molecular flexibility index (Phi) is 6.86. The van der Waals surface area contributed by atoms with Gasteiger partial charge in [-0.2, -0.15) is 0 Å². The van der Waals surface area contributed by atoms with E-state index in [-0.39, 0.29) is 30.9 Å². The van der Waals surface area contributed by atoms with Crippen LogP contribution in [0.3, 0.4) is 0 Å². The monoisotopic (exact) mass is 620 g/mol. The number of carbonyl (C=O) groups is 1. The molecule has 0 spiro atoms. The van der Waals surface area contributed by atoms with Crippen LogP contribution in [0.25, 0.3) is 6.08 Å². The number of Topliss-reactive ketones (excluding diaryl/α,β-unsaturated/α-hetero) is 1. The SMILES string of the molecule is Cc1cc(O)c(CN2CCN(Cc3ccc4c(c3)OCO4)CC2)c2c1C(=O)/C(=C/c1cc(Br)cc3c1OCOC3)O2. The van der Waals surface area contributed by atoms with E-state index in [9.17, 15) is 9.90 Å². The minimum atomic E-state index is -0.201. The van der Waals surface area contributed by atoms with Crippen LogP contribution in [-0.2, 0) is 24.4 Å². The smallest absolute Gasteiger partial charge is 0.232 e. The fourth-order valence-corrected chi connectivity index (χ4v) is 6.34. The number of halogens is 1. The molecule has 9 nitrogen and oxygen atoms in total. The Morgan fingerprint density at radius 3 is 2.54 bits per heavy atom. The zero-order chi connectivity index (χ0) is 28.1. The van der Waals surface area contributed by atoms with Crippen molar-refractivity contribution in [1.29, 1.82) is 0 Å². The average molecular weight is 621 g/mol. The van der Waals surface area contributed by atoms with E-state index in [0.29, 0.717) is 41.3 Å². The zero-order valence-electron chi connectivity index (χ0n) is 22.6. The van der Waals surface area contributed by atoms with Crippen molar-refractivity contribution in [3.63, 3.8) is 0 Å². The number of ketones is 1. The lowest BCUT2D eigenvalue weighted by molar-refractivity contribution is -0.0165. The van der Waals surface area contributed by atoms with Crippen LogP contribution in [0, 0.1) is 6.92 Å². The summed E-state index contributed by atoms with van der Waals surface area (Å²) in [5, 5.41) is 11.0. The standard InChI is InChI=1S/C31H29BrN2O7/c1-18-8-24(35)23(14-34-6-4-33(5-7-34)13-19-2-3-25-26(9-19)39-17-38-25)31-28(18)29(36)27(41-31)12-20-10-22(32)11-21-15-37-16-40-30(20)21/h2-3,8-12,35H,4-7,13-17H2,1H3/b27-12-. The third-order valence-electron chi connectivity index (χ3n) is 7.90. The maximum atomic E-state index is 13.5. The normalized spacial score (nSPS) is 19.2. The second-order valence-corrected chi connectivity index (χ2v) is 11.6. The van der Waals surface area contributed by atoms with Crippen LogP contribution in [0.5, 0.6) is 28.7 Å². The highest BCUT2D eigenvalue weighted by atomic mass is 79.9. The number of phenolic OH excluding ortho intramolecular Hbond substituents is 1. The average Bonchev–Trinajstić information content (AvgIpc) is 3.56. The van der Waals surface area contributed by atoms with Crippen LogP contribution >= 0.6 is 15.9 Å². The first kappa shape index (κ1) is 26.3. The molecule has 0 aliphatic carbocycles. The Morgan fingerprint density at radius 1 is 0.927 bits per heavy atom. The zero-order valence-corrected chi connectivity index (χ0v) is 24.2. The summed E-state index contributed by atoms with van der Waals surface area (Å²) in [7, 11) is 0. The first-order valence-electron chi connectivity index (χ1n) is 13.6. The molecule has 1 fully saturated rings. The quantitative estimate of drug-likeness (QED) is 0.396. The van der Waals surface area contributed by atoms with Gasteiger partial charge < -0.3 is 28.8 Å². The summed E-state index contributed by atoms with van der Waals surface area (Å²) in [5.74, 6) is 2.86. The minimum absolute atomic E-state index is 0.137. The number of piperazine rings is 1. The molecule has 7 rings (SSSR count). The molecule has 0 atom stereocenters. The number of phenols is 1. The summed E-state index contributed by atoms with van der Waals surface area (Å²) in [6.07, 6.45) is 1.71. The maximum Gasteiger partial charge on any atom is 0.232 e. The topological polar surface area (TPSA) is 89.9 Å². The Hall–Kier alpha value is -3.57. The van der Waals surface area contributed by atoms with Crippen LogP contribution in [-0.4, -0.2) is 60.5 Å². The third-order valence-corrected chi connectivity index (χ3v) is 8.36. The van der Waals surface area contributed by atoms with E-state index >= 15 is 0 Å². The van der Waals surface area contributed by atoms with E-state index in [1.165, 1.54) is 5.56 Å². The molecule has 0 amide bonds. The van der Waals surface area contributed by atoms with E-state index in [2.05, 4.69) is 31.8 Å². The number of fused-ring (bicyclic) bond motifs is 3. The van der Waals surface area contributed by atoms with Crippen molar-refractivity contribution in [2.24, 2.45) is 0 Å². The summed E-state index contributed by atoms with van der Waals surface area (Å²) in [6, 6.07) is 11.6. The number of allylic oxidation sites excluding steroid dienone is 1. The number of carbonyl (C=O) groups excluding carboxylic acids is 1. The molecule has 4 aliphatic rings. The fraction of sp³-hybridized carbons (Fsp3) is 0.323. The predicted molar refractivity (Wildman–Crippen MR) is 153 cm³/mol. The number of aromatic hydroxyl groups is 1. The second kappa shape index (κ2) is 10.7.